The van der Waals surface area contributed by atoms with E-state index in [0.717, 1.165) is 27.4 Å². The van der Waals surface area contributed by atoms with Crippen molar-refractivity contribution in [1.29, 1.82) is 0 Å². The number of allylic oxidation sites excluding steroid dienone is 1. The summed E-state index contributed by atoms with van der Waals surface area (Å²) in [6, 6.07) is 18.7. The normalized spacial score (nSPS) is 14.5. The summed E-state index contributed by atoms with van der Waals surface area (Å²) in [7, 11) is 0. The van der Waals surface area contributed by atoms with E-state index in [1.54, 1.807) is 43.8 Å². The minimum absolute atomic E-state index is 0.132. The first-order valence-corrected chi connectivity index (χ1v) is 18.4. The molecule has 250 valence electrons. The Morgan fingerprint density at radius 1 is 1.12 bits per heavy atom. The highest BCUT2D eigenvalue weighted by Crippen LogP contribution is 2.35. The first kappa shape index (κ1) is 34.4. The van der Waals surface area contributed by atoms with Crippen LogP contribution in [0.5, 0.6) is 0 Å². The van der Waals surface area contributed by atoms with Crippen LogP contribution in [-0.2, 0) is 16.1 Å². The lowest BCUT2D eigenvalue weighted by atomic mass is 9.96. The molecule has 0 unspecified atom stereocenters. The van der Waals surface area contributed by atoms with Crippen molar-refractivity contribution < 1.29 is 14.5 Å². The van der Waals surface area contributed by atoms with Gasteiger partial charge < -0.3 is 9.30 Å². The number of non-ortho nitro benzene ring substituents is 1. The Morgan fingerprint density at radius 2 is 1.90 bits per heavy atom. The Hall–Kier alpha value is -4.50. The van der Waals surface area contributed by atoms with Crippen LogP contribution < -0.4 is 14.9 Å². The highest BCUT2D eigenvalue weighted by atomic mass is 35.5. The first-order chi connectivity index (χ1) is 23.6. The Labute approximate surface area is 298 Å². The summed E-state index contributed by atoms with van der Waals surface area (Å²) >= 11 is 10.2. The number of fused-ring (bicyclic) bond motifs is 1. The molecule has 2 aromatic heterocycles. The van der Waals surface area contributed by atoms with Crippen molar-refractivity contribution in [2.24, 2.45) is 4.99 Å². The fraction of sp³-hybridized carbons (Fsp3) is 0.206. The molecule has 0 radical (unpaired) electrons. The number of carbonyl (C=O) groups excluding carboxylic acids is 1. The Kier molecular flexibility index (Phi) is 10.2. The van der Waals surface area contributed by atoms with Crippen LogP contribution >= 0.6 is 46.5 Å². The minimum Gasteiger partial charge on any atom is -0.463 e. The van der Waals surface area contributed by atoms with Gasteiger partial charge in [0.05, 0.1) is 33.4 Å². The molecule has 6 rings (SSSR count). The third-order valence-corrected chi connectivity index (χ3v) is 10.8. The highest BCUT2D eigenvalue weighted by molar-refractivity contribution is 7.99. The maximum absolute atomic E-state index is 14.3. The predicted octanol–water partition coefficient (Wildman–Crippen LogP) is 6.51. The molecule has 0 saturated heterocycles. The molecule has 1 atom stereocenters. The van der Waals surface area contributed by atoms with Crippen LogP contribution in [0.15, 0.2) is 103 Å². The second-order valence-corrected chi connectivity index (χ2v) is 14.1. The standard InChI is InChI=1S/C34H29ClN6O5S3/c1-5-39-30(21-8-7-9-23(35)16-21)37-38-34(39)48-26-15-12-24(41(44)45)17-22(26)18-27-31(42)40-29(20-10-13-25(47-4)14-11-20)28(32(43)46-6-2)19(3)36-33(40)49-27/h7-18,29H,5-6H2,1-4H3/b27-18+/t29-/m0/s1. The van der Waals surface area contributed by atoms with Crippen molar-refractivity contribution in [1.82, 2.24) is 19.3 Å². The molecule has 3 heterocycles. The lowest BCUT2D eigenvalue weighted by Crippen LogP contribution is -2.39. The third-order valence-electron chi connectivity index (χ3n) is 7.76. The fourth-order valence-electron chi connectivity index (χ4n) is 5.48. The SMILES string of the molecule is CCOC(=O)C1=C(C)N=c2s/c(=C/c3cc([N+](=O)[O-])ccc3Sc3nnc(-c4cccc(Cl)c4)n3CC)c(=O)n2[C@H]1c1ccc(SC)cc1. The molecule has 3 aromatic carbocycles. The number of nitro groups is 1. The monoisotopic (exact) mass is 732 g/mol. The van der Waals surface area contributed by atoms with Crippen molar-refractivity contribution in [3.63, 3.8) is 0 Å². The number of nitrogens with zero attached hydrogens (tertiary/aromatic N) is 6. The Balaban J connectivity index is 1.49. The molecular formula is C34H29ClN6O5S3. The first-order valence-electron chi connectivity index (χ1n) is 15.1. The largest absolute Gasteiger partial charge is 0.463 e. The summed E-state index contributed by atoms with van der Waals surface area (Å²) in [6.45, 7) is 6.14. The van der Waals surface area contributed by atoms with E-state index < -0.39 is 16.9 Å². The Morgan fingerprint density at radius 3 is 2.57 bits per heavy atom. The van der Waals surface area contributed by atoms with Gasteiger partial charge in [-0.2, -0.15) is 0 Å². The fourth-order valence-corrected chi connectivity index (χ4v) is 8.09. The van der Waals surface area contributed by atoms with Crippen LogP contribution in [0, 0.1) is 10.1 Å². The molecule has 0 bridgehead atoms. The summed E-state index contributed by atoms with van der Waals surface area (Å²) in [5.74, 6) is 0.0779. The van der Waals surface area contributed by atoms with Gasteiger partial charge in [0.25, 0.3) is 11.2 Å². The van der Waals surface area contributed by atoms with Gasteiger partial charge in [-0.25, -0.2) is 9.79 Å². The number of carbonyl (C=O) groups is 1. The number of aromatic nitrogens is 4. The smallest absolute Gasteiger partial charge is 0.338 e. The van der Waals surface area contributed by atoms with Gasteiger partial charge in [0.15, 0.2) is 15.8 Å². The number of hydrogen-bond acceptors (Lipinski definition) is 11. The van der Waals surface area contributed by atoms with Gasteiger partial charge in [0.2, 0.25) is 0 Å². The molecule has 0 aliphatic carbocycles. The summed E-state index contributed by atoms with van der Waals surface area (Å²) in [5, 5.41) is 21.8. The van der Waals surface area contributed by atoms with Gasteiger partial charge in [-0.15, -0.1) is 22.0 Å². The molecule has 11 nitrogen and oxygen atoms in total. The van der Waals surface area contributed by atoms with Crippen molar-refractivity contribution in [3.05, 3.63) is 124 Å². The molecule has 15 heteroatoms. The van der Waals surface area contributed by atoms with Crippen LogP contribution in [0.3, 0.4) is 0 Å². The van der Waals surface area contributed by atoms with E-state index in [1.165, 1.54) is 28.5 Å². The van der Waals surface area contributed by atoms with E-state index in [2.05, 4.69) is 15.2 Å². The summed E-state index contributed by atoms with van der Waals surface area (Å²) in [5.41, 5.74) is 2.18. The second kappa shape index (κ2) is 14.5. The van der Waals surface area contributed by atoms with E-state index in [4.69, 9.17) is 16.3 Å². The number of rotatable bonds is 10. The molecule has 1 aliphatic rings. The summed E-state index contributed by atoms with van der Waals surface area (Å²) in [4.78, 5) is 45.6. The van der Waals surface area contributed by atoms with Gasteiger partial charge in [-0.05, 0) is 86.3 Å². The summed E-state index contributed by atoms with van der Waals surface area (Å²) < 4.78 is 9.12. The molecule has 5 aromatic rings. The maximum Gasteiger partial charge on any atom is 0.338 e. The average Bonchev–Trinajstić information content (AvgIpc) is 3.64. The zero-order valence-electron chi connectivity index (χ0n) is 26.7. The van der Waals surface area contributed by atoms with Gasteiger partial charge in [-0.1, -0.05) is 47.2 Å². The number of hydrogen-bond donors (Lipinski definition) is 0. The number of benzene rings is 3. The van der Waals surface area contributed by atoms with Crippen molar-refractivity contribution >= 4 is 64.2 Å². The van der Waals surface area contributed by atoms with Gasteiger partial charge in [0, 0.05) is 39.1 Å². The topological polar surface area (TPSA) is 135 Å². The second-order valence-electron chi connectivity index (χ2n) is 10.7. The van der Waals surface area contributed by atoms with Crippen LogP contribution in [0.1, 0.15) is 37.9 Å². The zero-order valence-corrected chi connectivity index (χ0v) is 30.0. The Bertz CT molecular complexity index is 2310. The zero-order chi connectivity index (χ0) is 34.8. The number of thioether (sulfide) groups is 1. The molecule has 49 heavy (non-hydrogen) atoms. The van der Waals surface area contributed by atoms with Crippen molar-refractivity contribution in [2.45, 2.75) is 48.3 Å². The van der Waals surface area contributed by atoms with Crippen molar-refractivity contribution in [2.75, 3.05) is 12.9 Å². The molecule has 0 N–H and O–H groups in total. The molecule has 0 fully saturated rings. The number of esters is 1. The number of thiazole rings is 1. The van der Waals surface area contributed by atoms with E-state index in [0.29, 0.717) is 48.0 Å². The van der Waals surface area contributed by atoms with Crippen LogP contribution in [-0.4, -0.2) is 43.1 Å². The van der Waals surface area contributed by atoms with Crippen LogP contribution in [0.2, 0.25) is 5.02 Å². The summed E-state index contributed by atoms with van der Waals surface area (Å²) in [6.07, 6.45) is 3.60. The number of nitro benzene ring substituents is 1. The quantitative estimate of drug-likeness (QED) is 0.0682. The molecule has 1 aliphatic heterocycles. The molecule has 0 saturated carbocycles. The average molecular weight is 733 g/mol. The van der Waals surface area contributed by atoms with Gasteiger partial charge >= 0.3 is 5.97 Å². The van der Waals surface area contributed by atoms with E-state index >= 15 is 0 Å². The minimum atomic E-state index is -0.777. The van der Waals surface area contributed by atoms with E-state index in [-0.39, 0.29) is 23.4 Å². The third kappa shape index (κ3) is 6.86. The predicted molar refractivity (Wildman–Crippen MR) is 192 cm³/mol. The number of ether oxygens (including phenoxy) is 1. The maximum atomic E-state index is 14.3. The van der Waals surface area contributed by atoms with Crippen molar-refractivity contribution in [3.8, 4) is 11.4 Å². The molecular weight excluding hydrogens is 704 g/mol. The highest BCUT2D eigenvalue weighted by Gasteiger charge is 2.33. The van der Waals surface area contributed by atoms with Gasteiger partial charge in [0.1, 0.15) is 0 Å². The van der Waals surface area contributed by atoms with Crippen LogP contribution in [0.4, 0.5) is 5.69 Å². The molecule has 0 spiro atoms. The van der Waals surface area contributed by atoms with E-state index in [1.807, 2.05) is 60.2 Å². The molecule has 0 amide bonds. The lowest BCUT2D eigenvalue weighted by Gasteiger charge is -2.24. The van der Waals surface area contributed by atoms with E-state index in [9.17, 15) is 19.7 Å². The van der Waals surface area contributed by atoms with Crippen LogP contribution in [0.25, 0.3) is 17.5 Å². The van der Waals surface area contributed by atoms with Gasteiger partial charge in [-0.3, -0.25) is 19.5 Å². The number of halogens is 1. The lowest BCUT2D eigenvalue weighted by molar-refractivity contribution is -0.384.